The number of benzene rings is 11. The molecule has 0 spiro atoms. The van der Waals surface area contributed by atoms with Gasteiger partial charge < -0.3 is 0 Å². The Hall–Kier alpha value is -11.4. The van der Waals surface area contributed by atoms with Crippen molar-refractivity contribution in [1.29, 1.82) is 0 Å². The maximum Gasteiger partial charge on any atom is 0.240 e. The van der Waals surface area contributed by atoms with Crippen LogP contribution in [-0.2, 0) is 0 Å². The van der Waals surface area contributed by atoms with Crippen LogP contribution in [0.2, 0.25) is 0 Å². The first kappa shape index (κ1) is 45.6. The van der Waals surface area contributed by atoms with E-state index >= 15 is 0 Å². The Morgan fingerprint density at radius 1 is 0.195 bits per heavy atom. The molecule has 0 unspecified atom stereocenters. The molecular formula is C72H44N10. The molecule has 0 N–H and O–H groups in total. The Morgan fingerprint density at radius 2 is 0.451 bits per heavy atom. The van der Waals surface area contributed by atoms with E-state index in [0.29, 0.717) is 35.4 Å². The fourth-order valence-electron chi connectivity index (χ4n) is 12.6. The SMILES string of the molecule is c1ccc(-c2nc(-n3c4ccccc4c4ccccc43)nc(-n3c4ccccc4c4c(-c5cccc(-c6cccc7c6c6ccccc6n7-c6nc(-c7ccccc7)nc(-n7c8ccccc8c8ccccc87)n6)c5)cccc43)n2)cc1. The molecule has 82 heavy (non-hydrogen) atoms. The Labute approximate surface area is 468 Å². The van der Waals surface area contributed by atoms with E-state index in [1.807, 2.05) is 36.4 Å². The van der Waals surface area contributed by atoms with Crippen molar-refractivity contribution in [2.75, 3.05) is 0 Å². The standard InChI is InChI=1S/C72H44N10/c1-3-22-45(23-4-1)67-73-69(79-57-36-13-7-28-51(57)52-29-8-14-37-58(52)79)77-71(75-67)81-61-40-17-11-32-55(61)65-49(34-20-42-63(65)81)47-26-19-27-48(44-47)50-35-21-43-64-66(50)56-33-12-18-41-62(56)82(64)72-76-68(46-24-5-2-6-25-46)74-70(78-72)80-59-38-15-9-30-53(59)54-31-10-16-39-60(54)80/h1-44H. The van der Waals surface area contributed by atoms with Crippen molar-refractivity contribution in [1.82, 2.24) is 48.2 Å². The molecule has 0 aliphatic carbocycles. The van der Waals surface area contributed by atoms with E-state index in [-0.39, 0.29) is 0 Å². The van der Waals surface area contributed by atoms with Gasteiger partial charge in [0, 0.05) is 54.2 Å². The number of rotatable bonds is 8. The molecule has 6 heterocycles. The van der Waals surface area contributed by atoms with E-state index in [4.69, 9.17) is 29.9 Å². The third-order valence-electron chi connectivity index (χ3n) is 16.1. The lowest BCUT2D eigenvalue weighted by atomic mass is 9.94. The van der Waals surface area contributed by atoms with Crippen molar-refractivity contribution < 1.29 is 0 Å². The fraction of sp³-hybridized carbons (Fsp3) is 0. The first-order valence-corrected chi connectivity index (χ1v) is 27.5. The van der Waals surface area contributed by atoms with Crippen molar-refractivity contribution in [2.45, 2.75) is 0 Å². The van der Waals surface area contributed by atoms with Crippen LogP contribution in [0, 0.1) is 0 Å². The van der Waals surface area contributed by atoms with Crippen LogP contribution in [0.4, 0.5) is 0 Å². The summed E-state index contributed by atoms with van der Waals surface area (Å²) in [7, 11) is 0. The molecule has 6 aromatic heterocycles. The van der Waals surface area contributed by atoms with Gasteiger partial charge in [-0.1, -0.05) is 212 Å². The lowest BCUT2D eigenvalue weighted by molar-refractivity contribution is 0.892. The van der Waals surface area contributed by atoms with E-state index in [0.717, 1.165) is 121 Å². The minimum atomic E-state index is 0.530. The summed E-state index contributed by atoms with van der Waals surface area (Å²) in [6, 6.07) is 93.4. The molecule has 0 fully saturated rings. The summed E-state index contributed by atoms with van der Waals surface area (Å²) in [5.41, 5.74) is 14.2. The van der Waals surface area contributed by atoms with Gasteiger partial charge in [-0.2, -0.15) is 29.9 Å². The lowest BCUT2D eigenvalue weighted by Gasteiger charge is -2.13. The Morgan fingerprint density at radius 3 is 0.805 bits per heavy atom. The van der Waals surface area contributed by atoms with Crippen molar-refractivity contribution in [2.24, 2.45) is 0 Å². The molecule has 11 aromatic carbocycles. The average Bonchev–Trinajstić information content (AvgIpc) is 3.31. The molecule has 0 amide bonds. The highest BCUT2D eigenvalue weighted by molar-refractivity contribution is 6.18. The largest absolute Gasteiger partial charge is 0.278 e. The first-order valence-electron chi connectivity index (χ1n) is 27.5. The molecule has 382 valence electrons. The van der Waals surface area contributed by atoms with Gasteiger partial charge in [-0.15, -0.1) is 0 Å². The zero-order valence-electron chi connectivity index (χ0n) is 43.9. The average molecular weight is 1050 g/mol. The second-order valence-electron chi connectivity index (χ2n) is 20.7. The summed E-state index contributed by atoms with van der Waals surface area (Å²) in [6.45, 7) is 0. The maximum atomic E-state index is 5.43. The summed E-state index contributed by atoms with van der Waals surface area (Å²) in [6.07, 6.45) is 0. The van der Waals surface area contributed by atoms with Crippen molar-refractivity contribution in [3.05, 3.63) is 267 Å². The molecule has 0 aliphatic rings. The molecule has 0 atom stereocenters. The number of para-hydroxylation sites is 6. The van der Waals surface area contributed by atoms with Gasteiger partial charge >= 0.3 is 0 Å². The van der Waals surface area contributed by atoms with Crippen LogP contribution >= 0.6 is 0 Å². The Bertz CT molecular complexity index is 4980. The normalized spacial score (nSPS) is 11.9. The smallest absolute Gasteiger partial charge is 0.240 e. The van der Waals surface area contributed by atoms with Gasteiger partial charge in [0.15, 0.2) is 11.6 Å². The molecule has 0 bridgehead atoms. The topological polar surface area (TPSA) is 97.1 Å². The van der Waals surface area contributed by atoms with E-state index < -0.39 is 0 Å². The van der Waals surface area contributed by atoms with Crippen molar-refractivity contribution >= 4 is 87.2 Å². The predicted molar refractivity (Wildman–Crippen MR) is 332 cm³/mol. The number of hydrogen-bond donors (Lipinski definition) is 0. The van der Waals surface area contributed by atoms with Gasteiger partial charge in [0.25, 0.3) is 0 Å². The van der Waals surface area contributed by atoms with E-state index in [2.05, 4.69) is 249 Å². The van der Waals surface area contributed by atoms with Crippen molar-refractivity contribution in [3.8, 4) is 68.8 Å². The zero-order chi connectivity index (χ0) is 53.8. The van der Waals surface area contributed by atoms with Crippen LogP contribution in [0.25, 0.3) is 156 Å². The molecule has 10 nitrogen and oxygen atoms in total. The summed E-state index contributed by atoms with van der Waals surface area (Å²) < 4.78 is 8.75. The van der Waals surface area contributed by atoms with E-state index in [9.17, 15) is 0 Å². The fourth-order valence-corrected chi connectivity index (χ4v) is 12.6. The molecule has 0 saturated carbocycles. The first-order chi connectivity index (χ1) is 40.7. The Balaban J connectivity index is 0.850. The number of fused-ring (bicyclic) bond motifs is 12. The van der Waals surface area contributed by atoms with Crippen LogP contribution in [0.3, 0.4) is 0 Å². The van der Waals surface area contributed by atoms with Crippen LogP contribution in [0.5, 0.6) is 0 Å². The van der Waals surface area contributed by atoms with Crippen LogP contribution in [0.15, 0.2) is 267 Å². The highest BCUT2D eigenvalue weighted by atomic mass is 15.3. The third-order valence-corrected chi connectivity index (χ3v) is 16.1. The minimum Gasteiger partial charge on any atom is -0.278 e. The number of aromatic nitrogens is 10. The summed E-state index contributed by atoms with van der Waals surface area (Å²) in [4.78, 5) is 32.0. The molecule has 10 heteroatoms. The summed E-state index contributed by atoms with van der Waals surface area (Å²) >= 11 is 0. The molecular weight excluding hydrogens is 1000 g/mol. The van der Waals surface area contributed by atoms with Crippen LogP contribution < -0.4 is 0 Å². The van der Waals surface area contributed by atoms with Gasteiger partial charge in [0.05, 0.1) is 44.1 Å². The highest BCUT2D eigenvalue weighted by Crippen LogP contribution is 2.43. The van der Waals surface area contributed by atoms with Crippen LogP contribution in [-0.4, -0.2) is 48.2 Å². The molecule has 17 aromatic rings. The van der Waals surface area contributed by atoms with Gasteiger partial charge in [0.1, 0.15) is 0 Å². The van der Waals surface area contributed by atoms with Gasteiger partial charge in [-0.05, 0) is 76.9 Å². The molecule has 0 radical (unpaired) electrons. The summed E-state index contributed by atoms with van der Waals surface area (Å²) in [5, 5.41) is 8.94. The zero-order valence-corrected chi connectivity index (χ0v) is 43.9. The van der Waals surface area contributed by atoms with Gasteiger partial charge in [-0.3, -0.25) is 18.3 Å². The molecule has 0 aliphatic heterocycles. The van der Waals surface area contributed by atoms with Gasteiger partial charge in [0.2, 0.25) is 23.8 Å². The quantitative estimate of drug-likeness (QED) is 0.150. The molecule has 0 saturated heterocycles. The maximum absolute atomic E-state index is 5.43. The molecule has 17 rings (SSSR count). The Kier molecular flexibility index (Phi) is 10.1. The third kappa shape index (κ3) is 6.95. The number of nitrogens with zero attached hydrogens (tertiary/aromatic N) is 10. The second kappa shape index (κ2) is 18.1. The van der Waals surface area contributed by atoms with Crippen molar-refractivity contribution in [3.63, 3.8) is 0 Å². The monoisotopic (exact) mass is 1050 g/mol. The summed E-state index contributed by atoms with van der Waals surface area (Å²) in [5.74, 6) is 3.32. The number of hydrogen-bond acceptors (Lipinski definition) is 6. The second-order valence-corrected chi connectivity index (χ2v) is 20.7. The van der Waals surface area contributed by atoms with E-state index in [1.54, 1.807) is 0 Å². The minimum absolute atomic E-state index is 0.530. The highest BCUT2D eigenvalue weighted by Gasteiger charge is 2.25. The predicted octanol–water partition coefficient (Wildman–Crippen LogP) is 17.1. The van der Waals surface area contributed by atoms with Crippen LogP contribution in [0.1, 0.15) is 0 Å². The van der Waals surface area contributed by atoms with Gasteiger partial charge in [-0.25, -0.2) is 0 Å². The lowest BCUT2D eigenvalue weighted by Crippen LogP contribution is -2.10. The van der Waals surface area contributed by atoms with E-state index in [1.165, 1.54) is 0 Å².